The molecule has 1 aliphatic carbocycles. The maximum absolute atomic E-state index is 11.8. The molecule has 2 atom stereocenters. The fourth-order valence-electron chi connectivity index (χ4n) is 2.98. The van der Waals surface area contributed by atoms with E-state index in [2.05, 4.69) is 25.1 Å². The lowest BCUT2D eigenvalue weighted by Crippen LogP contribution is -2.50. The number of nitrogens with two attached hydrogens (primary N) is 1. The summed E-state index contributed by atoms with van der Waals surface area (Å²) in [5.74, 6) is -0.295. The summed E-state index contributed by atoms with van der Waals surface area (Å²) in [5, 5.41) is 0. The van der Waals surface area contributed by atoms with Crippen LogP contribution < -0.4 is 5.73 Å². The number of esters is 1. The number of carbonyl (C=O) groups is 1. The fraction of sp³-hybridized carbons (Fsp3) is 0.421. The Morgan fingerprint density at radius 2 is 2.13 bits per heavy atom. The minimum atomic E-state index is -0.695. The second kappa shape index (κ2) is 7.57. The highest BCUT2D eigenvalue weighted by atomic mass is 16.5. The van der Waals surface area contributed by atoms with Crippen LogP contribution in [0.5, 0.6) is 0 Å². The molecule has 0 aliphatic heterocycles. The number of aryl methyl sites for hydroxylation is 1. The molecule has 4 nitrogen and oxygen atoms in total. The van der Waals surface area contributed by atoms with Crippen molar-refractivity contribution < 1.29 is 14.3 Å². The van der Waals surface area contributed by atoms with Crippen molar-refractivity contribution in [3.63, 3.8) is 0 Å². The van der Waals surface area contributed by atoms with E-state index in [-0.39, 0.29) is 12.4 Å². The van der Waals surface area contributed by atoms with Crippen LogP contribution in [0.2, 0.25) is 0 Å². The van der Waals surface area contributed by atoms with Gasteiger partial charge in [0.25, 0.3) is 0 Å². The molecule has 2 rings (SSSR count). The van der Waals surface area contributed by atoms with Crippen LogP contribution in [0.3, 0.4) is 0 Å². The summed E-state index contributed by atoms with van der Waals surface area (Å²) in [6.07, 6.45) is 6.74. The minimum Gasteiger partial charge on any atom is -0.466 e. The maximum atomic E-state index is 11.8. The molecule has 0 heterocycles. The number of allylic oxidation sites excluding steroid dienone is 2. The van der Waals surface area contributed by atoms with Crippen LogP contribution in [-0.2, 0) is 14.3 Å². The highest BCUT2D eigenvalue weighted by Gasteiger charge is 2.38. The molecule has 0 bridgehead atoms. The van der Waals surface area contributed by atoms with E-state index in [0.29, 0.717) is 13.0 Å². The van der Waals surface area contributed by atoms with Gasteiger partial charge in [-0.25, -0.2) is 0 Å². The van der Waals surface area contributed by atoms with Crippen LogP contribution >= 0.6 is 0 Å². The summed E-state index contributed by atoms with van der Waals surface area (Å²) in [6, 6.07) is 7.76. The first-order valence-electron chi connectivity index (χ1n) is 7.93. The first kappa shape index (κ1) is 17.4. The Hall–Kier alpha value is -1.91. The lowest BCUT2D eigenvalue weighted by Gasteiger charge is -2.37. The molecule has 0 aromatic heterocycles. The normalized spacial score (nSPS) is 21.7. The average molecular weight is 315 g/mol. The molecule has 23 heavy (non-hydrogen) atoms. The van der Waals surface area contributed by atoms with Crippen LogP contribution in [0, 0.1) is 6.92 Å². The van der Waals surface area contributed by atoms with Gasteiger partial charge in [0.2, 0.25) is 0 Å². The molecule has 2 N–H and O–H groups in total. The number of rotatable bonds is 6. The molecule has 0 amide bonds. The fourth-order valence-corrected chi connectivity index (χ4v) is 2.98. The van der Waals surface area contributed by atoms with E-state index in [9.17, 15) is 4.79 Å². The summed E-state index contributed by atoms with van der Waals surface area (Å²) in [7, 11) is 1.64. The van der Waals surface area contributed by atoms with E-state index in [0.717, 1.165) is 5.57 Å². The van der Waals surface area contributed by atoms with Crippen LogP contribution in [0.25, 0.3) is 5.57 Å². The van der Waals surface area contributed by atoms with Gasteiger partial charge in [0.1, 0.15) is 5.60 Å². The Kier molecular flexibility index (Phi) is 5.74. The highest BCUT2D eigenvalue weighted by molar-refractivity contribution is 5.73. The largest absolute Gasteiger partial charge is 0.466 e. The van der Waals surface area contributed by atoms with Gasteiger partial charge in [0, 0.05) is 19.6 Å². The molecule has 0 saturated heterocycles. The molecular weight excluding hydrogens is 290 g/mol. The number of methoxy groups -OCH3 is 1. The van der Waals surface area contributed by atoms with E-state index in [4.69, 9.17) is 15.2 Å². The van der Waals surface area contributed by atoms with Gasteiger partial charge in [-0.15, -0.1) is 0 Å². The molecule has 0 fully saturated rings. The molecule has 0 radical (unpaired) electrons. The zero-order chi connectivity index (χ0) is 16.9. The lowest BCUT2D eigenvalue weighted by atomic mass is 9.79. The van der Waals surface area contributed by atoms with Crippen molar-refractivity contribution in [1.29, 1.82) is 0 Å². The van der Waals surface area contributed by atoms with Crippen molar-refractivity contribution in [3.05, 3.63) is 53.6 Å². The van der Waals surface area contributed by atoms with Gasteiger partial charge in [-0.05, 0) is 30.5 Å². The predicted molar refractivity (Wildman–Crippen MR) is 91.9 cm³/mol. The first-order chi connectivity index (χ1) is 11.0. The Balaban J connectivity index is 2.22. The summed E-state index contributed by atoms with van der Waals surface area (Å²) in [5.41, 5.74) is 9.15. The lowest BCUT2D eigenvalue weighted by molar-refractivity contribution is -0.145. The van der Waals surface area contributed by atoms with E-state index >= 15 is 0 Å². The third-order valence-electron chi connectivity index (χ3n) is 4.33. The summed E-state index contributed by atoms with van der Waals surface area (Å²) in [4.78, 5) is 11.8. The van der Waals surface area contributed by atoms with Gasteiger partial charge < -0.3 is 15.2 Å². The summed E-state index contributed by atoms with van der Waals surface area (Å²) < 4.78 is 10.8. The zero-order valence-electron chi connectivity index (χ0n) is 14.0. The smallest absolute Gasteiger partial charge is 0.307 e. The van der Waals surface area contributed by atoms with Crippen molar-refractivity contribution >= 4 is 11.5 Å². The zero-order valence-corrected chi connectivity index (χ0v) is 14.0. The van der Waals surface area contributed by atoms with Gasteiger partial charge >= 0.3 is 5.97 Å². The van der Waals surface area contributed by atoms with Crippen molar-refractivity contribution in [2.45, 2.75) is 38.3 Å². The van der Waals surface area contributed by atoms with E-state index in [1.54, 1.807) is 14.0 Å². The number of carbonyl (C=O) groups excluding carboxylic acids is 1. The number of hydrogen-bond acceptors (Lipinski definition) is 4. The first-order valence-corrected chi connectivity index (χ1v) is 7.93. The summed E-state index contributed by atoms with van der Waals surface area (Å²) >= 11 is 0. The second-order valence-electron chi connectivity index (χ2n) is 5.82. The van der Waals surface area contributed by atoms with Crippen LogP contribution in [0.1, 0.15) is 30.9 Å². The van der Waals surface area contributed by atoms with Gasteiger partial charge in [-0.3, -0.25) is 4.79 Å². The molecule has 0 spiro atoms. The standard InChI is InChI=1S/C19H25NO3/c1-4-23-18(21)12-17(20)19(22-3)11-7-9-15(13-19)16-10-6-5-8-14(16)2/h5-11,17H,4,12-13,20H2,1-3H3. The van der Waals surface area contributed by atoms with Gasteiger partial charge in [0.15, 0.2) is 0 Å². The Bertz CT molecular complexity index is 621. The second-order valence-corrected chi connectivity index (χ2v) is 5.82. The number of ether oxygens (including phenoxy) is 2. The minimum absolute atomic E-state index is 0.132. The quantitative estimate of drug-likeness (QED) is 0.820. The molecule has 1 aromatic carbocycles. The maximum Gasteiger partial charge on any atom is 0.307 e. The van der Waals surface area contributed by atoms with Crippen LogP contribution in [-0.4, -0.2) is 31.3 Å². The van der Waals surface area contributed by atoms with Gasteiger partial charge in [-0.1, -0.05) is 42.5 Å². The number of hydrogen-bond donors (Lipinski definition) is 1. The number of benzene rings is 1. The van der Waals surface area contributed by atoms with Gasteiger partial charge in [0.05, 0.1) is 13.0 Å². The van der Waals surface area contributed by atoms with Crippen molar-refractivity contribution in [1.82, 2.24) is 0 Å². The summed E-state index contributed by atoms with van der Waals surface area (Å²) in [6.45, 7) is 4.23. The average Bonchev–Trinajstić information content (AvgIpc) is 2.55. The monoisotopic (exact) mass is 315 g/mol. The molecule has 4 heteroatoms. The molecular formula is C19H25NO3. The van der Waals surface area contributed by atoms with Crippen LogP contribution in [0.15, 0.2) is 42.5 Å². The SMILES string of the molecule is CCOC(=O)CC(N)C1(OC)C=CC=C(c2ccccc2C)C1. The van der Waals surface area contributed by atoms with Crippen LogP contribution in [0.4, 0.5) is 0 Å². The molecule has 1 aromatic rings. The third-order valence-corrected chi connectivity index (χ3v) is 4.33. The van der Waals surface area contributed by atoms with Crippen molar-refractivity contribution in [2.75, 3.05) is 13.7 Å². The topological polar surface area (TPSA) is 61.5 Å². The molecule has 124 valence electrons. The molecule has 0 saturated carbocycles. The van der Waals surface area contributed by atoms with Crippen molar-refractivity contribution in [2.24, 2.45) is 5.73 Å². The van der Waals surface area contributed by atoms with Crippen molar-refractivity contribution in [3.8, 4) is 0 Å². The predicted octanol–water partition coefficient (Wildman–Crippen LogP) is 3.00. The Labute approximate surface area is 138 Å². The highest BCUT2D eigenvalue weighted by Crippen LogP contribution is 2.36. The van der Waals surface area contributed by atoms with Gasteiger partial charge in [-0.2, -0.15) is 0 Å². The molecule has 1 aliphatic rings. The van der Waals surface area contributed by atoms with E-state index < -0.39 is 11.6 Å². The Morgan fingerprint density at radius 1 is 1.39 bits per heavy atom. The third kappa shape index (κ3) is 3.89. The van der Waals surface area contributed by atoms with E-state index in [1.165, 1.54) is 11.1 Å². The Morgan fingerprint density at radius 3 is 2.78 bits per heavy atom. The molecule has 2 unspecified atom stereocenters. The van der Waals surface area contributed by atoms with E-state index in [1.807, 2.05) is 24.3 Å².